The van der Waals surface area contributed by atoms with Crippen LogP contribution in [0.2, 0.25) is 0 Å². The number of aromatic hydroxyl groups is 2. The molecular formula is C20H23NO4. The van der Waals surface area contributed by atoms with Crippen LogP contribution in [0.5, 0.6) is 11.5 Å². The van der Waals surface area contributed by atoms with Crippen molar-refractivity contribution in [3.05, 3.63) is 59.7 Å². The first-order valence-electron chi connectivity index (χ1n) is 8.20. The van der Waals surface area contributed by atoms with Crippen molar-refractivity contribution in [2.75, 3.05) is 13.7 Å². The first-order valence-corrected chi connectivity index (χ1v) is 8.20. The zero-order chi connectivity index (χ0) is 18.2. The van der Waals surface area contributed by atoms with Gasteiger partial charge in [-0.1, -0.05) is 24.8 Å². The second kappa shape index (κ2) is 8.87. The molecule has 2 rings (SSSR count). The van der Waals surface area contributed by atoms with Gasteiger partial charge < -0.3 is 14.9 Å². The number of hydrogen-bond acceptors (Lipinski definition) is 5. The predicted molar refractivity (Wildman–Crippen MR) is 98.4 cm³/mol. The minimum Gasteiger partial charge on any atom is -0.508 e. The fraction of sp³-hybridized carbons (Fsp3) is 0.300. The fourth-order valence-corrected chi connectivity index (χ4v) is 2.66. The van der Waals surface area contributed by atoms with E-state index in [9.17, 15) is 15.0 Å². The number of rotatable bonds is 1. The molecule has 1 aliphatic rings. The summed E-state index contributed by atoms with van der Waals surface area (Å²) in [5.41, 5.74) is 2.29. The zero-order valence-corrected chi connectivity index (χ0v) is 14.4. The third-order valence-electron chi connectivity index (χ3n) is 3.98. The highest BCUT2D eigenvalue weighted by Gasteiger charge is 2.20. The Bertz CT molecular complexity index is 744. The molecule has 0 spiro atoms. The molecule has 0 radical (unpaired) electrons. The Morgan fingerprint density at radius 2 is 2.08 bits per heavy atom. The van der Waals surface area contributed by atoms with Gasteiger partial charge in [-0.15, -0.1) is 0 Å². The van der Waals surface area contributed by atoms with Crippen molar-refractivity contribution >= 4 is 11.7 Å². The lowest BCUT2D eigenvalue weighted by atomic mass is 9.99. The molecule has 5 heteroatoms. The quantitative estimate of drug-likeness (QED) is 0.763. The van der Waals surface area contributed by atoms with Crippen LogP contribution in [-0.4, -0.2) is 35.5 Å². The van der Waals surface area contributed by atoms with Gasteiger partial charge in [0.2, 0.25) is 0 Å². The maximum Gasteiger partial charge on any atom is 0.342 e. The number of hydrogen-bond donors (Lipinski definition) is 2. The van der Waals surface area contributed by atoms with Crippen LogP contribution in [0.15, 0.2) is 53.6 Å². The Kier molecular flexibility index (Phi) is 6.57. The Morgan fingerprint density at radius 3 is 2.80 bits per heavy atom. The minimum atomic E-state index is -0.618. The second-order valence-corrected chi connectivity index (χ2v) is 5.74. The molecule has 1 aromatic carbocycles. The molecule has 0 amide bonds. The van der Waals surface area contributed by atoms with E-state index < -0.39 is 5.97 Å². The summed E-state index contributed by atoms with van der Waals surface area (Å²) in [5.74, 6) is -1.03. The third kappa shape index (κ3) is 5.08. The van der Waals surface area contributed by atoms with Crippen molar-refractivity contribution < 1.29 is 19.7 Å². The maximum atomic E-state index is 12.4. The normalized spacial score (nSPS) is 21.4. The van der Waals surface area contributed by atoms with Crippen molar-refractivity contribution in [2.45, 2.75) is 25.7 Å². The Morgan fingerprint density at radius 1 is 1.28 bits per heavy atom. The summed E-state index contributed by atoms with van der Waals surface area (Å²) in [6, 6.07) is 2.59. The predicted octanol–water partition coefficient (Wildman–Crippen LogP) is 3.72. The third-order valence-corrected chi connectivity index (χ3v) is 3.98. The van der Waals surface area contributed by atoms with Gasteiger partial charge in [-0.2, -0.15) is 0 Å². The number of benzene rings is 1. The first kappa shape index (κ1) is 18.5. The number of cyclic esters (lactones) is 1. The van der Waals surface area contributed by atoms with Crippen molar-refractivity contribution in [1.82, 2.24) is 0 Å². The van der Waals surface area contributed by atoms with Crippen LogP contribution in [0.3, 0.4) is 0 Å². The van der Waals surface area contributed by atoms with Crippen LogP contribution < -0.4 is 0 Å². The molecule has 0 saturated carbocycles. The van der Waals surface area contributed by atoms with Crippen molar-refractivity contribution in [3.63, 3.8) is 0 Å². The molecule has 0 bridgehead atoms. The van der Waals surface area contributed by atoms with Gasteiger partial charge in [-0.3, -0.25) is 4.99 Å². The lowest BCUT2D eigenvalue weighted by Crippen LogP contribution is -2.12. The molecule has 0 aliphatic carbocycles. The molecule has 0 fully saturated rings. The lowest BCUT2D eigenvalue weighted by molar-refractivity contribution is 0.0505. The molecular weight excluding hydrogens is 318 g/mol. The number of aliphatic imine (C=N–C) groups is 1. The zero-order valence-electron chi connectivity index (χ0n) is 14.4. The van der Waals surface area contributed by atoms with E-state index in [1.165, 1.54) is 6.07 Å². The van der Waals surface area contributed by atoms with Crippen molar-refractivity contribution in [1.29, 1.82) is 0 Å². The Balaban J connectivity index is 2.42. The lowest BCUT2D eigenvalue weighted by Gasteiger charge is -2.13. The van der Waals surface area contributed by atoms with Crippen LogP contribution in [-0.2, 0) is 11.2 Å². The molecule has 0 saturated heterocycles. The Labute approximate surface area is 147 Å². The van der Waals surface area contributed by atoms with Gasteiger partial charge in [0, 0.05) is 31.7 Å². The van der Waals surface area contributed by atoms with Crippen molar-refractivity contribution in [3.8, 4) is 11.5 Å². The first-order chi connectivity index (χ1) is 12.0. The number of nitrogens with zero attached hydrogens (tertiary/aromatic N) is 1. The number of fused-ring (bicyclic) bond motifs is 1. The highest BCUT2D eigenvalue weighted by molar-refractivity contribution is 6.00. The van der Waals surface area contributed by atoms with E-state index >= 15 is 0 Å². The summed E-state index contributed by atoms with van der Waals surface area (Å²) in [6.45, 7) is 3.97. The molecule has 0 unspecified atom stereocenters. The Hall–Kier alpha value is -2.82. The summed E-state index contributed by atoms with van der Waals surface area (Å²) < 4.78 is 5.31. The van der Waals surface area contributed by atoms with Gasteiger partial charge in [0.25, 0.3) is 0 Å². The van der Waals surface area contributed by atoms with E-state index in [0.29, 0.717) is 18.4 Å². The molecule has 1 aromatic rings. The smallest absolute Gasteiger partial charge is 0.342 e. The highest BCUT2D eigenvalue weighted by Crippen LogP contribution is 2.29. The minimum absolute atomic E-state index is 0.0635. The number of esters is 1. The maximum absolute atomic E-state index is 12.4. The van der Waals surface area contributed by atoms with Crippen LogP contribution in [0, 0.1) is 0 Å². The van der Waals surface area contributed by atoms with Crippen LogP contribution in [0.4, 0.5) is 0 Å². The van der Waals surface area contributed by atoms with E-state index in [4.69, 9.17) is 4.74 Å². The van der Waals surface area contributed by atoms with Gasteiger partial charge >= 0.3 is 5.97 Å². The summed E-state index contributed by atoms with van der Waals surface area (Å²) >= 11 is 0. The summed E-state index contributed by atoms with van der Waals surface area (Å²) in [4.78, 5) is 16.6. The number of carbonyl (C=O) groups is 1. The highest BCUT2D eigenvalue weighted by atomic mass is 16.5. The SMILES string of the molecule is C=C/C1=C\CC/C=C/C(=NC)Cc2cc(O)cc(O)c2C(=O)OCC1. The van der Waals surface area contributed by atoms with E-state index in [0.717, 1.165) is 30.2 Å². The summed E-state index contributed by atoms with van der Waals surface area (Å²) in [5, 5.41) is 19.9. The monoisotopic (exact) mass is 341 g/mol. The number of carbonyl (C=O) groups excluding carboxylic acids is 1. The van der Waals surface area contributed by atoms with Crippen LogP contribution in [0.25, 0.3) is 0 Å². The van der Waals surface area contributed by atoms with Gasteiger partial charge in [-0.05, 0) is 36.1 Å². The number of ether oxygens (including phenoxy) is 1. The molecule has 0 atom stereocenters. The molecule has 1 aliphatic heterocycles. The number of phenols is 2. The fourth-order valence-electron chi connectivity index (χ4n) is 2.66. The van der Waals surface area contributed by atoms with Crippen LogP contribution in [0.1, 0.15) is 35.2 Å². The average molecular weight is 341 g/mol. The largest absolute Gasteiger partial charge is 0.508 e. The van der Waals surface area contributed by atoms with E-state index in [1.54, 1.807) is 13.1 Å². The number of phenolic OH excluding ortho intramolecular Hbond substituents is 2. The molecule has 0 aromatic heterocycles. The van der Waals surface area contributed by atoms with E-state index in [1.807, 2.05) is 12.2 Å². The average Bonchev–Trinajstić information content (AvgIpc) is 2.57. The van der Waals surface area contributed by atoms with Gasteiger partial charge in [0.05, 0.1) is 6.61 Å². The molecule has 25 heavy (non-hydrogen) atoms. The van der Waals surface area contributed by atoms with Gasteiger partial charge in [0.1, 0.15) is 17.1 Å². The summed E-state index contributed by atoms with van der Waals surface area (Å²) in [7, 11) is 1.67. The molecule has 5 nitrogen and oxygen atoms in total. The topological polar surface area (TPSA) is 79.1 Å². The number of allylic oxidation sites excluding steroid dienone is 4. The van der Waals surface area contributed by atoms with E-state index in [2.05, 4.69) is 17.6 Å². The molecule has 1 heterocycles. The van der Waals surface area contributed by atoms with E-state index in [-0.39, 0.29) is 23.7 Å². The van der Waals surface area contributed by atoms with Crippen LogP contribution >= 0.6 is 0 Å². The van der Waals surface area contributed by atoms with Gasteiger partial charge in [0.15, 0.2) is 0 Å². The van der Waals surface area contributed by atoms with Crippen molar-refractivity contribution in [2.24, 2.45) is 4.99 Å². The molecule has 132 valence electrons. The molecule has 2 N–H and O–H groups in total. The second-order valence-electron chi connectivity index (χ2n) is 5.74. The summed E-state index contributed by atoms with van der Waals surface area (Å²) in [6.07, 6.45) is 10.3. The van der Waals surface area contributed by atoms with Gasteiger partial charge in [-0.25, -0.2) is 4.79 Å². The standard InChI is InChI=1S/C20H23NO4/c1-3-14-7-5-4-6-8-16(21-2)11-15-12-17(22)13-18(23)19(15)20(24)25-10-9-14/h3,6-8,12-13,22-23H,1,4-5,9-11H2,2H3/b8-6+,14-7+,21-16?.